The van der Waals surface area contributed by atoms with Gasteiger partial charge < -0.3 is 5.11 Å². The second-order valence-electron chi connectivity index (χ2n) is 9.60. The van der Waals surface area contributed by atoms with Crippen LogP contribution in [0.4, 0.5) is 0 Å². The number of aromatic nitrogens is 2. The van der Waals surface area contributed by atoms with E-state index in [1.807, 2.05) is 20.8 Å². The lowest BCUT2D eigenvalue weighted by Gasteiger charge is -2.23. The van der Waals surface area contributed by atoms with Crippen LogP contribution < -0.4 is 0 Å². The fraction of sp³-hybridized carbons (Fsp3) is 0.741. The molecule has 0 aliphatic carbocycles. The summed E-state index contributed by atoms with van der Waals surface area (Å²) < 4.78 is 0. The maximum absolute atomic E-state index is 12.5. The van der Waals surface area contributed by atoms with E-state index in [-0.39, 0.29) is 17.8 Å². The highest BCUT2D eigenvalue weighted by Crippen LogP contribution is 2.30. The molecule has 1 heterocycles. The predicted octanol–water partition coefficient (Wildman–Crippen LogP) is 7.44. The Balaban J connectivity index is 0.00000436. The Morgan fingerprint density at radius 1 is 1.13 bits per heavy atom. The largest absolute Gasteiger partial charge is 0.396 e. The Hall–Kier alpha value is -1.55. The number of aliphatic hydroxyl groups excluding tert-OH is 1. The normalized spacial score (nSPS) is 13.1. The van der Waals surface area contributed by atoms with Crippen LogP contribution in [0, 0.1) is 24.2 Å². The van der Waals surface area contributed by atoms with Crippen molar-refractivity contribution in [1.82, 2.24) is 9.97 Å². The number of Topliss-reactive ketones (excluding diaryl/α,β-unsaturated/α-hetero) is 1. The zero-order chi connectivity index (χ0) is 24.0. The van der Waals surface area contributed by atoms with Gasteiger partial charge in [-0.1, -0.05) is 80.2 Å². The maximum Gasteiger partial charge on any atom is 0.182 e. The van der Waals surface area contributed by atoms with Crippen LogP contribution in [0.15, 0.2) is 11.8 Å². The molecule has 0 aliphatic heterocycles. The first-order chi connectivity index (χ1) is 14.6. The zero-order valence-corrected chi connectivity index (χ0v) is 21.7. The van der Waals surface area contributed by atoms with Gasteiger partial charge in [0.05, 0.1) is 17.6 Å². The number of allylic oxidation sites excluding steroid dienone is 1. The first kappa shape index (κ1) is 29.5. The van der Waals surface area contributed by atoms with Gasteiger partial charge in [-0.3, -0.25) is 9.78 Å². The molecule has 1 rings (SSSR count). The van der Waals surface area contributed by atoms with E-state index >= 15 is 0 Å². The highest BCUT2D eigenvalue weighted by molar-refractivity contribution is 5.94. The Bertz CT molecular complexity index is 672. The van der Waals surface area contributed by atoms with Crippen molar-refractivity contribution in [1.29, 1.82) is 0 Å². The molecular weight excluding hydrogens is 384 g/mol. The molecule has 0 bridgehead atoms. The van der Waals surface area contributed by atoms with Crippen LogP contribution in [-0.4, -0.2) is 27.5 Å². The number of hydrogen-bond acceptors (Lipinski definition) is 4. The summed E-state index contributed by atoms with van der Waals surface area (Å²) in [6, 6.07) is 0. The molecule has 0 saturated carbocycles. The number of aliphatic hydroxyl groups is 1. The van der Waals surface area contributed by atoms with Gasteiger partial charge in [0.15, 0.2) is 5.78 Å². The number of rotatable bonds is 12. The number of hydrogen-bond donors (Lipinski definition) is 1. The molecule has 1 aromatic rings. The summed E-state index contributed by atoms with van der Waals surface area (Å²) in [5.74, 6) is 0.942. The van der Waals surface area contributed by atoms with Crippen LogP contribution in [0.1, 0.15) is 122 Å². The Kier molecular flexibility index (Phi) is 14.5. The van der Waals surface area contributed by atoms with E-state index in [0.717, 1.165) is 49.9 Å². The topological polar surface area (TPSA) is 63.1 Å². The van der Waals surface area contributed by atoms with E-state index < -0.39 is 0 Å². The minimum Gasteiger partial charge on any atom is -0.396 e. The second kappa shape index (κ2) is 15.3. The summed E-state index contributed by atoms with van der Waals surface area (Å²) >= 11 is 0. The molecule has 4 nitrogen and oxygen atoms in total. The molecule has 178 valence electrons. The molecule has 1 unspecified atom stereocenters. The monoisotopic (exact) mass is 432 g/mol. The van der Waals surface area contributed by atoms with Crippen LogP contribution in [0.2, 0.25) is 0 Å². The highest BCUT2D eigenvalue weighted by Gasteiger charge is 2.18. The Morgan fingerprint density at radius 2 is 1.77 bits per heavy atom. The van der Waals surface area contributed by atoms with Crippen molar-refractivity contribution >= 4 is 11.9 Å². The lowest BCUT2D eigenvalue weighted by Crippen LogP contribution is -2.13. The zero-order valence-electron chi connectivity index (χ0n) is 21.7. The van der Waals surface area contributed by atoms with Gasteiger partial charge in [-0.2, -0.15) is 0 Å². The second-order valence-corrected chi connectivity index (χ2v) is 9.60. The molecule has 0 aromatic carbocycles. The lowest BCUT2D eigenvalue weighted by molar-refractivity contribution is 0.0973. The van der Waals surface area contributed by atoms with E-state index in [4.69, 9.17) is 0 Å². The number of nitrogens with zero attached hydrogens (tertiary/aromatic N) is 2. The van der Waals surface area contributed by atoms with E-state index in [1.165, 1.54) is 5.57 Å². The smallest absolute Gasteiger partial charge is 0.182 e. The van der Waals surface area contributed by atoms with Crippen molar-refractivity contribution in [3.05, 3.63) is 28.9 Å². The number of carbonyl (C=O) groups is 1. The fourth-order valence-electron chi connectivity index (χ4n) is 3.50. The lowest BCUT2D eigenvalue weighted by atomic mass is 9.83. The van der Waals surface area contributed by atoms with Crippen LogP contribution in [0.25, 0.3) is 6.08 Å². The van der Waals surface area contributed by atoms with Crippen molar-refractivity contribution in [3.63, 3.8) is 0 Å². The Morgan fingerprint density at radius 3 is 2.26 bits per heavy atom. The quantitative estimate of drug-likeness (QED) is 0.275. The van der Waals surface area contributed by atoms with Crippen molar-refractivity contribution in [2.45, 2.75) is 107 Å². The Labute approximate surface area is 192 Å². The van der Waals surface area contributed by atoms with Gasteiger partial charge in [0.2, 0.25) is 0 Å². The minimum atomic E-state index is 0.0725. The van der Waals surface area contributed by atoms with Crippen molar-refractivity contribution in [3.8, 4) is 0 Å². The molecule has 0 fully saturated rings. The first-order valence-electron chi connectivity index (χ1n) is 12.3. The van der Waals surface area contributed by atoms with Crippen LogP contribution >= 0.6 is 0 Å². The summed E-state index contributed by atoms with van der Waals surface area (Å²) in [5, 5.41) is 9.39. The van der Waals surface area contributed by atoms with E-state index in [0.29, 0.717) is 24.0 Å². The molecule has 0 aliphatic rings. The van der Waals surface area contributed by atoms with E-state index in [2.05, 4.69) is 57.6 Å². The SMILES string of the molecule is CC.CCC/C(=C\c1ncc(C(=O)CCCCCC(CO)C(C)C)nc1C)C(C)(C)C. The molecule has 4 heteroatoms. The van der Waals surface area contributed by atoms with Gasteiger partial charge in [0.25, 0.3) is 0 Å². The van der Waals surface area contributed by atoms with Gasteiger partial charge in [0, 0.05) is 13.0 Å². The molecule has 0 amide bonds. The third-order valence-corrected chi connectivity index (χ3v) is 5.72. The molecular formula is C27H48N2O2. The van der Waals surface area contributed by atoms with Crippen LogP contribution in [0.5, 0.6) is 0 Å². The summed E-state index contributed by atoms with van der Waals surface area (Å²) in [5.41, 5.74) is 3.62. The number of aryl methyl sites for hydroxylation is 1. The van der Waals surface area contributed by atoms with Gasteiger partial charge in [-0.05, 0) is 49.5 Å². The van der Waals surface area contributed by atoms with Gasteiger partial charge in [0.1, 0.15) is 5.69 Å². The minimum absolute atomic E-state index is 0.0725. The molecule has 31 heavy (non-hydrogen) atoms. The van der Waals surface area contributed by atoms with E-state index in [9.17, 15) is 9.90 Å². The maximum atomic E-state index is 12.5. The van der Waals surface area contributed by atoms with Crippen molar-refractivity contribution in [2.75, 3.05) is 6.61 Å². The van der Waals surface area contributed by atoms with Crippen LogP contribution in [0.3, 0.4) is 0 Å². The van der Waals surface area contributed by atoms with Gasteiger partial charge in [-0.15, -0.1) is 0 Å². The summed E-state index contributed by atoms with van der Waals surface area (Å²) in [6.07, 6.45) is 10.4. The average Bonchev–Trinajstić information content (AvgIpc) is 2.71. The molecule has 1 aromatic heterocycles. The molecule has 1 atom stereocenters. The molecule has 0 radical (unpaired) electrons. The highest BCUT2D eigenvalue weighted by atomic mass is 16.3. The van der Waals surface area contributed by atoms with E-state index in [1.54, 1.807) is 6.20 Å². The number of ketones is 1. The van der Waals surface area contributed by atoms with Gasteiger partial charge in [-0.25, -0.2) is 4.98 Å². The fourth-order valence-corrected chi connectivity index (χ4v) is 3.50. The molecule has 1 N–H and O–H groups in total. The average molecular weight is 433 g/mol. The van der Waals surface area contributed by atoms with Crippen molar-refractivity contribution in [2.24, 2.45) is 17.3 Å². The summed E-state index contributed by atoms with van der Waals surface area (Å²) in [4.78, 5) is 21.6. The molecule has 0 spiro atoms. The first-order valence-corrected chi connectivity index (χ1v) is 12.3. The third-order valence-electron chi connectivity index (χ3n) is 5.72. The standard InChI is InChI=1S/C25H42N2O2.C2H6/c1-8-12-21(25(5,6)7)15-22-19(4)27-23(16-26-22)24(29)14-11-9-10-13-20(17-28)18(2)3;1-2/h15-16,18,20,28H,8-14,17H2,1-7H3;1-2H3/b21-15+;. The number of carbonyl (C=O) groups excluding carboxylic acids is 1. The number of unbranched alkanes of at least 4 members (excludes halogenated alkanes) is 2. The summed E-state index contributed by atoms with van der Waals surface area (Å²) in [7, 11) is 0. The predicted molar refractivity (Wildman–Crippen MR) is 133 cm³/mol. The van der Waals surface area contributed by atoms with Crippen molar-refractivity contribution < 1.29 is 9.90 Å². The van der Waals surface area contributed by atoms with Gasteiger partial charge >= 0.3 is 0 Å². The van der Waals surface area contributed by atoms with Crippen LogP contribution in [-0.2, 0) is 0 Å². The molecule has 0 saturated heterocycles. The third kappa shape index (κ3) is 11.0. The summed E-state index contributed by atoms with van der Waals surface area (Å²) in [6.45, 7) is 19.3.